The standard InChI is InChI=1S/C30H35ClF3N5O4/c1-5-39-16-25(38-28(39)17(2)36-19(4)40)21-8-6-20(7-9-21)14-23(11-13-27(35)41)37-29(42)22-10-12-26(24(31)15-22)43-18(3)30(32,33)34/h6-10,12,15-18,23H,5,11,13-14H2,1-4H3,(H2,35,41)(H,36,40)(H,37,42)/t17-,18?,23-/m1/s1. The van der Waals surface area contributed by atoms with Crippen molar-refractivity contribution in [3.63, 3.8) is 0 Å². The summed E-state index contributed by atoms with van der Waals surface area (Å²) in [6, 6.07) is 10.6. The van der Waals surface area contributed by atoms with Gasteiger partial charge in [0.1, 0.15) is 11.6 Å². The molecule has 0 radical (unpaired) electrons. The second kappa shape index (κ2) is 14.4. The Morgan fingerprint density at radius 1 is 1.09 bits per heavy atom. The van der Waals surface area contributed by atoms with E-state index < -0.39 is 30.1 Å². The Morgan fingerprint density at radius 3 is 2.33 bits per heavy atom. The van der Waals surface area contributed by atoms with Crippen molar-refractivity contribution in [1.82, 2.24) is 20.2 Å². The van der Waals surface area contributed by atoms with E-state index in [2.05, 4.69) is 10.6 Å². The molecule has 1 unspecified atom stereocenters. The summed E-state index contributed by atoms with van der Waals surface area (Å²) < 4.78 is 45.4. The molecule has 3 rings (SSSR count). The number of primary amides is 1. The summed E-state index contributed by atoms with van der Waals surface area (Å²) in [6.07, 6.45) is -4.04. The van der Waals surface area contributed by atoms with Crippen molar-refractivity contribution in [2.75, 3.05) is 0 Å². The molecule has 232 valence electrons. The minimum atomic E-state index is -4.57. The van der Waals surface area contributed by atoms with Gasteiger partial charge >= 0.3 is 6.18 Å². The zero-order valence-electron chi connectivity index (χ0n) is 24.3. The van der Waals surface area contributed by atoms with Crippen molar-refractivity contribution in [3.05, 3.63) is 70.6 Å². The van der Waals surface area contributed by atoms with Crippen LogP contribution in [0.2, 0.25) is 5.02 Å². The highest BCUT2D eigenvalue weighted by Crippen LogP contribution is 2.31. The molecule has 0 saturated carbocycles. The molecule has 0 aliphatic heterocycles. The van der Waals surface area contributed by atoms with Crippen LogP contribution in [0.25, 0.3) is 11.3 Å². The summed E-state index contributed by atoms with van der Waals surface area (Å²) >= 11 is 6.10. The third-order valence-electron chi connectivity index (χ3n) is 6.72. The van der Waals surface area contributed by atoms with Crippen molar-refractivity contribution < 1.29 is 32.3 Å². The molecule has 0 bridgehead atoms. The fourth-order valence-electron chi connectivity index (χ4n) is 4.44. The summed E-state index contributed by atoms with van der Waals surface area (Å²) in [5, 5.41) is 5.57. The number of carbonyl (C=O) groups excluding carboxylic acids is 3. The first kappa shape index (κ1) is 33.4. The summed E-state index contributed by atoms with van der Waals surface area (Å²) in [7, 11) is 0. The lowest BCUT2D eigenvalue weighted by molar-refractivity contribution is -0.189. The molecular formula is C30H35ClF3N5O4. The molecule has 1 aromatic heterocycles. The first-order chi connectivity index (χ1) is 20.2. The number of benzene rings is 2. The minimum Gasteiger partial charge on any atom is -0.480 e. The summed E-state index contributed by atoms with van der Waals surface area (Å²) in [5.74, 6) is -0.649. The van der Waals surface area contributed by atoms with Crippen LogP contribution in [0.4, 0.5) is 13.2 Å². The molecule has 43 heavy (non-hydrogen) atoms. The Labute approximate surface area is 252 Å². The van der Waals surface area contributed by atoms with Gasteiger partial charge in [0.05, 0.1) is 16.8 Å². The molecule has 3 amide bonds. The van der Waals surface area contributed by atoms with Crippen LogP contribution >= 0.6 is 11.6 Å². The molecule has 3 aromatic rings. The monoisotopic (exact) mass is 621 g/mol. The van der Waals surface area contributed by atoms with Crippen LogP contribution in [-0.4, -0.2) is 45.6 Å². The number of aromatic nitrogens is 2. The molecule has 0 fully saturated rings. The Kier molecular flexibility index (Phi) is 11.2. The summed E-state index contributed by atoms with van der Waals surface area (Å²) in [4.78, 5) is 40.7. The summed E-state index contributed by atoms with van der Waals surface area (Å²) in [5.41, 5.74) is 7.95. The summed E-state index contributed by atoms with van der Waals surface area (Å²) in [6.45, 7) is 6.85. The van der Waals surface area contributed by atoms with Crippen LogP contribution in [0, 0.1) is 0 Å². The minimum absolute atomic E-state index is 0.0373. The van der Waals surface area contributed by atoms with E-state index in [-0.39, 0.29) is 41.1 Å². The molecule has 0 aliphatic rings. The lowest BCUT2D eigenvalue weighted by Gasteiger charge is -2.20. The van der Waals surface area contributed by atoms with Crippen LogP contribution in [0.3, 0.4) is 0 Å². The van der Waals surface area contributed by atoms with Crippen molar-refractivity contribution in [3.8, 4) is 17.0 Å². The lowest BCUT2D eigenvalue weighted by atomic mass is 9.99. The number of alkyl halides is 3. The number of nitrogens with two attached hydrogens (primary N) is 1. The number of hydrogen-bond acceptors (Lipinski definition) is 5. The highest BCUT2D eigenvalue weighted by molar-refractivity contribution is 6.32. The van der Waals surface area contributed by atoms with E-state index in [1.165, 1.54) is 25.1 Å². The van der Waals surface area contributed by atoms with Gasteiger partial charge in [0.25, 0.3) is 5.91 Å². The van der Waals surface area contributed by atoms with Crippen LogP contribution < -0.4 is 21.1 Å². The van der Waals surface area contributed by atoms with Crippen molar-refractivity contribution in [2.24, 2.45) is 5.73 Å². The second-order valence-corrected chi connectivity index (χ2v) is 10.6. The van der Waals surface area contributed by atoms with Gasteiger partial charge in [0.2, 0.25) is 11.8 Å². The maximum absolute atomic E-state index is 13.0. The number of amides is 3. The fourth-order valence-corrected chi connectivity index (χ4v) is 4.66. The fraction of sp³-hybridized carbons (Fsp3) is 0.400. The number of imidazole rings is 1. The molecule has 13 heteroatoms. The van der Waals surface area contributed by atoms with E-state index >= 15 is 0 Å². The molecule has 0 saturated heterocycles. The van der Waals surface area contributed by atoms with Gasteiger partial charge in [-0.15, -0.1) is 0 Å². The van der Waals surface area contributed by atoms with Crippen LogP contribution in [0.5, 0.6) is 5.75 Å². The number of hydrogen-bond donors (Lipinski definition) is 3. The van der Waals surface area contributed by atoms with Gasteiger partial charge < -0.3 is 25.7 Å². The highest BCUT2D eigenvalue weighted by Gasteiger charge is 2.38. The molecule has 4 N–H and O–H groups in total. The normalized spacial score (nSPS) is 13.6. The maximum Gasteiger partial charge on any atom is 0.425 e. The quantitative estimate of drug-likeness (QED) is 0.237. The third kappa shape index (κ3) is 9.47. The van der Waals surface area contributed by atoms with Crippen LogP contribution in [0.15, 0.2) is 48.7 Å². The number of nitrogens with one attached hydrogen (secondary N) is 2. The molecule has 1 heterocycles. The molecule has 3 atom stereocenters. The Hall–Kier alpha value is -4.06. The van der Waals surface area contributed by atoms with E-state index in [0.29, 0.717) is 13.0 Å². The van der Waals surface area contributed by atoms with Crippen molar-refractivity contribution in [1.29, 1.82) is 0 Å². The number of nitrogens with zero attached hydrogens (tertiary/aromatic N) is 2. The maximum atomic E-state index is 13.0. The van der Waals surface area contributed by atoms with Crippen LogP contribution in [-0.2, 0) is 22.6 Å². The van der Waals surface area contributed by atoms with Gasteiger partial charge in [-0.3, -0.25) is 14.4 Å². The third-order valence-corrected chi connectivity index (χ3v) is 7.02. The topological polar surface area (TPSA) is 128 Å². The Morgan fingerprint density at radius 2 is 1.77 bits per heavy atom. The average Bonchev–Trinajstić information content (AvgIpc) is 3.37. The molecule has 2 aromatic carbocycles. The number of rotatable bonds is 13. The van der Waals surface area contributed by atoms with Gasteiger partial charge in [-0.25, -0.2) is 4.98 Å². The number of ether oxygens (including phenoxy) is 1. The van der Waals surface area contributed by atoms with Gasteiger partial charge in [0, 0.05) is 43.3 Å². The van der Waals surface area contributed by atoms with Gasteiger partial charge in [-0.2, -0.15) is 13.2 Å². The average molecular weight is 622 g/mol. The van der Waals surface area contributed by atoms with E-state index in [0.717, 1.165) is 29.6 Å². The van der Waals surface area contributed by atoms with E-state index in [1.54, 1.807) is 0 Å². The molecule has 9 nitrogen and oxygen atoms in total. The van der Waals surface area contributed by atoms with Crippen LogP contribution in [0.1, 0.15) is 68.3 Å². The van der Waals surface area contributed by atoms with Gasteiger partial charge in [-0.05, 0) is 57.4 Å². The largest absolute Gasteiger partial charge is 0.480 e. The molecule has 0 spiro atoms. The first-order valence-corrected chi connectivity index (χ1v) is 14.1. The van der Waals surface area contributed by atoms with Crippen molar-refractivity contribution >= 4 is 29.3 Å². The van der Waals surface area contributed by atoms with E-state index in [4.69, 9.17) is 27.1 Å². The Bertz CT molecular complexity index is 1440. The highest BCUT2D eigenvalue weighted by atomic mass is 35.5. The zero-order chi connectivity index (χ0) is 31.9. The van der Waals surface area contributed by atoms with Crippen molar-refractivity contribution in [2.45, 2.75) is 77.9 Å². The smallest absolute Gasteiger partial charge is 0.425 e. The predicted octanol–water partition coefficient (Wildman–Crippen LogP) is 5.36. The van der Waals surface area contributed by atoms with E-state index in [1.807, 2.05) is 48.9 Å². The lowest BCUT2D eigenvalue weighted by Crippen LogP contribution is -2.37. The van der Waals surface area contributed by atoms with E-state index in [9.17, 15) is 27.6 Å². The SMILES string of the molecule is CCn1cc(-c2ccc(C[C@@H](CCC(N)=O)NC(=O)c3ccc(OC(C)C(F)(F)F)c(Cl)c3)cc2)nc1[C@@H](C)NC(C)=O. The zero-order valence-corrected chi connectivity index (χ0v) is 25.1. The van der Waals surface area contributed by atoms with Gasteiger partial charge in [-0.1, -0.05) is 35.9 Å². The first-order valence-electron chi connectivity index (χ1n) is 13.7. The second-order valence-electron chi connectivity index (χ2n) is 10.2. The predicted molar refractivity (Wildman–Crippen MR) is 157 cm³/mol. The number of halogens is 4. The number of aryl methyl sites for hydroxylation is 1. The molecule has 0 aliphatic carbocycles. The van der Waals surface area contributed by atoms with Gasteiger partial charge in [0.15, 0.2) is 6.10 Å². The number of carbonyl (C=O) groups is 3. The Balaban J connectivity index is 1.74. The molecular weight excluding hydrogens is 587 g/mol.